The molecule has 7 heteroatoms. The number of halogens is 1. The monoisotopic (exact) mass is 371 g/mol. The molecule has 3 aromatic rings. The quantitative estimate of drug-likeness (QED) is 0.586. The third-order valence-corrected chi connectivity index (χ3v) is 4.46. The molecular formula is C19H22FN5S. The first-order valence-corrected chi connectivity index (χ1v) is 9.00. The summed E-state index contributed by atoms with van der Waals surface area (Å²) in [4.78, 5) is 6.13. The molecule has 0 bridgehead atoms. The summed E-state index contributed by atoms with van der Waals surface area (Å²) >= 11 is 5.64. The molecule has 0 saturated heterocycles. The van der Waals surface area contributed by atoms with Gasteiger partial charge in [-0.25, -0.2) is 9.07 Å². The van der Waals surface area contributed by atoms with Crippen molar-refractivity contribution in [2.24, 2.45) is 0 Å². The minimum Gasteiger partial charge on any atom is -0.300 e. The lowest BCUT2D eigenvalue weighted by atomic mass is 10.2. The molecule has 0 unspecified atom stereocenters. The number of benzene rings is 1. The normalized spacial score (nSPS) is 11.2. The van der Waals surface area contributed by atoms with Crippen molar-refractivity contribution in [2.75, 3.05) is 7.05 Å². The van der Waals surface area contributed by atoms with Crippen molar-refractivity contribution in [1.29, 1.82) is 0 Å². The van der Waals surface area contributed by atoms with Crippen LogP contribution in [0.2, 0.25) is 0 Å². The lowest BCUT2D eigenvalue weighted by Gasteiger charge is -2.16. The van der Waals surface area contributed by atoms with Crippen LogP contribution in [0.15, 0.2) is 48.8 Å². The van der Waals surface area contributed by atoms with Crippen LogP contribution >= 0.6 is 12.2 Å². The Balaban J connectivity index is 1.84. The molecule has 5 nitrogen and oxygen atoms in total. The topological polar surface area (TPSA) is 38.9 Å². The van der Waals surface area contributed by atoms with Crippen LogP contribution < -0.4 is 0 Å². The lowest BCUT2D eigenvalue weighted by molar-refractivity contribution is 0.243. The summed E-state index contributed by atoms with van der Waals surface area (Å²) in [6, 6.07) is 10.5. The van der Waals surface area contributed by atoms with Crippen LogP contribution in [0.4, 0.5) is 4.39 Å². The van der Waals surface area contributed by atoms with Gasteiger partial charge in [-0.05, 0) is 55.5 Å². The predicted molar refractivity (Wildman–Crippen MR) is 102 cm³/mol. The molecule has 0 aliphatic carbocycles. The Morgan fingerprint density at radius 3 is 2.65 bits per heavy atom. The molecule has 0 atom stereocenters. The van der Waals surface area contributed by atoms with Crippen LogP contribution in [-0.4, -0.2) is 31.3 Å². The Morgan fingerprint density at radius 2 is 1.96 bits per heavy atom. The maximum atomic E-state index is 13.4. The zero-order chi connectivity index (χ0) is 18.5. The molecule has 0 N–H and O–H groups in total. The lowest BCUT2D eigenvalue weighted by Crippen LogP contribution is -2.22. The molecular weight excluding hydrogens is 349 g/mol. The van der Waals surface area contributed by atoms with Crippen molar-refractivity contribution in [3.63, 3.8) is 0 Å². The van der Waals surface area contributed by atoms with Gasteiger partial charge < -0.3 is 0 Å². The zero-order valence-corrected chi connectivity index (χ0v) is 15.8. The van der Waals surface area contributed by atoms with Gasteiger partial charge in [0.15, 0.2) is 10.6 Å². The molecule has 0 spiro atoms. The second-order valence-electron chi connectivity index (χ2n) is 6.28. The fourth-order valence-corrected chi connectivity index (χ4v) is 3.17. The average Bonchev–Trinajstić information content (AvgIpc) is 2.92. The molecule has 0 aliphatic rings. The first-order chi connectivity index (χ1) is 12.6. The van der Waals surface area contributed by atoms with Crippen molar-refractivity contribution >= 4 is 12.2 Å². The van der Waals surface area contributed by atoms with Gasteiger partial charge in [-0.3, -0.25) is 14.5 Å². The molecule has 0 saturated carbocycles. The highest BCUT2D eigenvalue weighted by Crippen LogP contribution is 2.18. The third-order valence-electron chi connectivity index (χ3n) is 4.03. The minimum atomic E-state index is -0.222. The van der Waals surface area contributed by atoms with Gasteiger partial charge in [-0.15, -0.1) is 0 Å². The maximum Gasteiger partial charge on any atom is 0.199 e. The van der Waals surface area contributed by atoms with E-state index in [-0.39, 0.29) is 5.82 Å². The Kier molecular flexibility index (Phi) is 5.90. The van der Waals surface area contributed by atoms with Crippen LogP contribution in [0, 0.1) is 10.6 Å². The van der Waals surface area contributed by atoms with E-state index in [1.54, 1.807) is 24.5 Å². The molecule has 0 radical (unpaired) electrons. The fourth-order valence-electron chi connectivity index (χ4n) is 2.90. The van der Waals surface area contributed by atoms with Gasteiger partial charge in [0.1, 0.15) is 5.82 Å². The number of hydrogen-bond acceptors (Lipinski definition) is 4. The molecule has 0 aliphatic heterocycles. The second kappa shape index (κ2) is 8.33. The van der Waals surface area contributed by atoms with E-state index in [0.29, 0.717) is 18.0 Å². The maximum absolute atomic E-state index is 13.4. The molecule has 2 aromatic heterocycles. The van der Waals surface area contributed by atoms with Crippen molar-refractivity contribution < 1.29 is 4.39 Å². The number of rotatable bonds is 7. The van der Waals surface area contributed by atoms with E-state index in [1.165, 1.54) is 6.07 Å². The van der Waals surface area contributed by atoms with Crippen molar-refractivity contribution in [3.8, 4) is 11.4 Å². The van der Waals surface area contributed by atoms with Gasteiger partial charge in [0.25, 0.3) is 0 Å². The van der Waals surface area contributed by atoms with Gasteiger partial charge in [-0.1, -0.05) is 19.1 Å². The van der Waals surface area contributed by atoms with Crippen LogP contribution in [-0.2, 0) is 19.8 Å². The highest BCUT2D eigenvalue weighted by Gasteiger charge is 2.13. The van der Waals surface area contributed by atoms with Gasteiger partial charge >= 0.3 is 0 Å². The highest BCUT2D eigenvalue weighted by atomic mass is 32.1. The summed E-state index contributed by atoms with van der Waals surface area (Å²) in [7, 11) is 1.97. The standard InChI is InChI=1S/C19H22FN5S/c1-3-11-24-18(16-7-9-21-10-8-16)22-25(19(24)26)14-23(2)13-15-5-4-6-17(20)12-15/h4-10,12H,3,11,13-14H2,1-2H3. The molecule has 26 heavy (non-hydrogen) atoms. The zero-order valence-electron chi connectivity index (χ0n) is 15.0. The van der Waals surface area contributed by atoms with Crippen molar-refractivity contribution in [2.45, 2.75) is 33.1 Å². The van der Waals surface area contributed by atoms with Gasteiger partial charge in [0, 0.05) is 31.0 Å². The Morgan fingerprint density at radius 1 is 1.19 bits per heavy atom. The van der Waals surface area contributed by atoms with Crippen LogP contribution in [0.3, 0.4) is 0 Å². The average molecular weight is 371 g/mol. The van der Waals surface area contributed by atoms with Crippen LogP contribution in [0.5, 0.6) is 0 Å². The van der Waals surface area contributed by atoms with E-state index in [1.807, 2.05) is 29.9 Å². The van der Waals surface area contributed by atoms with Crippen molar-refractivity contribution in [1.82, 2.24) is 24.2 Å². The summed E-state index contributed by atoms with van der Waals surface area (Å²) in [6.07, 6.45) is 4.48. The Hall–Kier alpha value is -2.38. The summed E-state index contributed by atoms with van der Waals surface area (Å²) in [5, 5.41) is 4.73. The van der Waals surface area contributed by atoms with E-state index in [9.17, 15) is 4.39 Å². The summed E-state index contributed by atoms with van der Waals surface area (Å²) in [5.74, 6) is 0.623. The summed E-state index contributed by atoms with van der Waals surface area (Å²) in [5.41, 5.74) is 1.91. The molecule has 136 valence electrons. The summed E-state index contributed by atoms with van der Waals surface area (Å²) in [6.45, 7) is 4.07. The van der Waals surface area contributed by atoms with Gasteiger partial charge in [-0.2, -0.15) is 5.10 Å². The number of hydrogen-bond donors (Lipinski definition) is 0. The second-order valence-corrected chi connectivity index (χ2v) is 6.64. The van der Waals surface area contributed by atoms with Gasteiger partial charge in [0.2, 0.25) is 0 Å². The molecule has 2 heterocycles. The smallest absolute Gasteiger partial charge is 0.199 e. The molecule has 1 aromatic carbocycles. The van der Waals surface area contributed by atoms with Crippen LogP contribution in [0.1, 0.15) is 18.9 Å². The van der Waals surface area contributed by atoms with E-state index < -0.39 is 0 Å². The number of aromatic nitrogens is 4. The molecule has 3 rings (SSSR count). The van der Waals surface area contributed by atoms with Crippen molar-refractivity contribution in [3.05, 3.63) is 64.9 Å². The number of pyridine rings is 1. The third kappa shape index (κ3) is 4.23. The van der Waals surface area contributed by atoms with E-state index in [2.05, 4.69) is 21.4 Å². The van der Waals surface area contributed by atoms with E-state index >= 15 is 0 Å². The molecule has 0 fully saturated rings. The first kappa shape index (κ1) is 18.4. The summed E-state index contributed by atoms with van der Waals surface area (Å²) < 4.78 is 17.9. The van der Waals surface area contributed by atoms with E-state index in [0.717, 1.165) is 29.9 Å². The first-order valence-electron chi connectivity index (χ1n) is 8.59. The molecule has 0 amide bonds. The fraction of sp³-hybridized carbons (Fsp3) is 0.316. The van der Waals surface area contributed by atoms with E-state index in [4.69, 9.17) is 17.3 Å². The largest absolute Gasteiger partial charge is 0.300 e. The number of nitrogens with zero attached hydrogens (tertiary/aromatic N) is 5. The predicted octanol–water partition coefficient (Wildman–Crippen LogP) is 4.11. The Bertz CT molecular complexity index is 919. The highest BCUT2D eigenvalue weighted by molar-refractivity contribution is 7.71. The SMILES string of the molecule is CCCn1c(-c2ccncc2)nn(CN(C)Cc2cccc(F)c2)c1=S. The minimum absolute atomic E-state index is 0.222. The Labute approximate surface area is 157 Å². The van der Waals surface area contributed by atoms with Crippen LogP contribution in [0.25, 0.3) is 11.4 Å². The van der Waals surface area contributed by atoms with Gasteiger partial charge in [0.05, 0.1) is 6.67 Å².